The van der Waals surface area contributed by atoms with Gasteiger partial charge < -0.3 is 5.11 Å². The average molecular weight is 876 g/mol. The number of carboxylic acid groups (broad SMARTS) is 1. The zero-order valence-electron chi connectivity index (χ0n) is 39.2. The molecule has 0 fully saturated rings. The van der Waals surface area contributed by atoms with Gasteiger partial charge in [-0.05, 0) is 48.7 Å². The van der Waals surface area contributed by atoms with E-state index in [-0.39, 0.29) is 8.66 Å². The first-order valence-electron chi connectivity index (χ1n) is 25.8. The fourth-order valence-corrected chi connectivity index (χ4v) is 15.2. The van der Waals surface area contributed by atoms with E-state index in [0.717, 1.165) is 29.4 Å². The van der Waals surface area contributed by atoms with Crippen molar-refractivity contribution in [3.8, 4) is 0 Å². The molecule has 0 aliphatic rings. The van der Waals surface area contributed by atoms with Crippen LogP contribution >= 0.6 is 47.0 Å². The second kappa shape index (κ2) is 47.9. The van der Waals surface area contributed by atoms with E-state index in [1.807, 2.05) is 0 Å². The van der Waals surface area contributed by atoms with E-state index in [0.29, 0.717) is 0 Å². The molecule has 1 N–H and O–H groups in total. The third-order valence-corrected chi connectivity index (χ3v) is 19.1. The molecule has 6 heteroatoms. The summed E-state index contributed by atoms with van der Waals surface area (Å²) in [7, 11) is 0. The van der Waals surface area contributed by atoms with Gasteiger partial charge in [0.25, 0.3) is 0 Å². The maximum atomic E-state index is 13.3. The van der Waals surface area contributed by atoms with Crippen LogP contribution in [0, 0.1) is 0 Å². The number of hydrogen-bond donors (Lipinski definition) is 1. The molecule has 1 unspecified atom stereocenters. The first kappa shape index (κ1) is 57.9. The van der Waals surface area contributed by atoms with Crippen molar-refractivity contribution in [3.63, 3.8) is 0 Å². The Balaban J connectivity index is 5.34. The Morgan fingerprint density at radius 2 is 0.526 bits per heavy atom. The van der Waals surface area contributed by atoms with E-state index in [2.05, 4.69) is 63.0 Å². The molecule has 0 heterocycles. The second-order valence-electron chi connectivity index (χ2n) is 17.5. The lowest BCUT2D eigenvalue weighted by molar-refractivity contribution is -0.136. The van der Waals surface area contributed by atoms with Crippen LogP contribution in [0.1, 0.15) is 285 Å². The Morgan fingerprint density at radius 3 is 0.737 bits per heavy atom. The number of unbranched alkanes of at least 4 members (excludes halogenated alkanes) is 36. The van der Waals surface area contributed by atoms with Crippen LogP contribution in [0.25, 0.3) is 0 Å². The highest BCUT2D eigenvalue weighted by Gasteiger charge is 2.45. The van der Waals surface area contributed by atoms with E-state index in [1.54, 1.807) is 11.8 Å². The molecular formula is C51H102O2S4. The number of carboxylic acids is 1. The second-order valence-corrected chi connectivity index (χ2v) is 23.5. The Kier molecular flexibility index (Phi) is 48.6. The Labute approximate surface area is 376 Å². The molecule has 0 aromatic rings. The fraction of sp³-hybridized carbons (Fsp3) is 0.980. The summed E-state index contributed by atoms with van der Waals surface area (Å²) in [4.78, 5) is 13.3. The molecule has 0 aliphatic carbocycles. The standard InChI is InChI=1S/C51H102O2S4/c1-5-9-13-17-21-25-29-33-37-41-45-54-49(50(52)53)51(55-46-42-38-34-30-26-22-18-14-10-6-2,56-47-43-39-35-31-27-23-19-15-11-7-3)57-48-44-40-36-32-28-24-20-16-12-8-4/h49H,5-48H2,1-4H3,(H,52,53). The fourth-order valence-electron chi connectivity index (χ4n) is 7.88. The molecule has 0 saturated heterocycles. The minimum atomic E-state index is -0.561. The van der Waals surface area contributed by atoms with Crippen LogP contribution in [0.15, 0.2) is 0 Å². The predicted octanol–water partition coefficient (Wildman–Crippen LogP) is 19.7. The minimum Gasteiger partial charge on any atom is -0.480 e. The van der Waals surface area contributed by atoms with Gasteiger partial charge in [-0.3, -0.25) is 4.79 Å². The lowest BCUT2D eigenvalue weighted by Crippen LogP contribution is -2.38. The normalized spacial score (nSPS) is 12.5. The molecule has 2 nitrogen and oxygen atoms in total. The smallest absolute Gasteiger partial charge is 0.319 e. The Morgan fingerprint density at radius 1 is 0.333 bits per heavy atom. The van der Waals surface area contributed by atoms with Crippen molar-refractivity contribution in [1.82, 2.24) is 0 Å². The molecule has 0 saturated carbocycles. The van der Waals surface area contributed by atoms with Gasteiger partial charge in [-0.25, -0.2) is 0 Å². The van der Waals surface area contributed by atoms with Gasteiger partial charge in [-0.2, -0.15) is 0 Å². The molecule has 0 aliphatic heterocycles. The lowest BCUT2D eigenvalue weighted by Gasteiger charge is -2.37. The molecule has 0 radical (unpaired) electrons. The molecular weight excluding hydrogens is 773 g/mol. The number of thioether (sulfide) groups is 4. The summed E-state index contributed by atoms with van der Waals surface area (Å²) in [5.74, 6) is 3.75. The predicted molar refractivity (Wildman–Crippen MR) is 271 cm³/mol. The topological polar surface area (TPSA) is 37.3 Å². The third kappa shape index (κ3) is 39.5. The van der Waals surface area contributed by atoms with Crippen LogP contribution in [0.2, 0.25) is 0 Å². The SMILES string of the molecule is CCCCCCCCCCCCSC(C(=O)O)C(SCCCCCCCCCCCC)(SCCCCCCCCCCCC)SCCCCCCCCCCCC. The van der Waals surface area contributed by atoms with E-state index in [9.17, 15) is 9.90 Å². The average Bonchev–Trinajstić information content (AvgIpc) is 3.21. The highest BCUT2D eigenvalue weighted by Crippen LogP contribution is 2.54. The lowest BCUT2D eigenvalue weighted by atomic mass is 10.1. The zero-order chi connectivity index (χ0) is 41.6. The third-order valence-electron chi connectivity index (χ3n) is 11.7. The number of aliphatic carboxylic acids is 1. The van der Waals surface area contributed by atoms with Crippen molar-refractivity contribution in [1.29, 1.82) is 0 Å². The molecule has 57 heavy (non-hydrogen) atoms. The van der Waals surface area contributed by atoms with E-state index < -0.39 is 5.97 Å². The summed E-state index contributed by atoms with van der Waals surface area (Å²) >= 11 is 7.96. The van der Waals surface area contributed by atoms with Gasteiger partial charge in [-0.15, -0.1) is 47.0 Å². The van der Waals surface area contributed by atoms with Crippen LogP contribution < -0.4 is 0 Å². The Bertz CT molecular complexity index is 716. The van der Waals surface area contributed by atoms with Crippen molar-refractivity contribution >= 4 is 53.0 Å². The summed E-state index contributed by atoms with van der Waals surface area (Å²) in [6.45, 7) is 9.20. The summed E-state index contributed by atoms with van der Waals surface area (Å²) in [5.41, 5.74) is 0. The van der Waals surface area contributed by atoms with Crippen molar-refractivity contribution < 1.29 is 9.90 Å². The van der Waals surface area contributed by atoms with Crippen LogP contribution in [0.5, 0.6) is 0 Å². The van der Waals surface area contributed by atoms with Crippen LogP contribution in [0.3, 0.4) is 0 Å². The molecule has 0 rings (SSSR count). The van der Waals surface area contributed by atoms with Crippen molar-refractivity contribution in [2.45, 2.75) is 293 Å². The summed E-state index contributed by atoms with van der Waals surface area (Å²) < 4.78 is -0.285. The summed E-state index contributed by atoms with van der Waals surface area (Å²) in [5, 5.41) is 10.6. The van der Waals surface area contributed by atoms with E-state index >= 15 is 0 Å². The van der Waals surface area contributed by atoms with Gasteiger partial charge in [0.15, 0.2) is 0 Å². The van der Waals surface area contributed by atoms with Crippen LogP contribution in [-0.4, -0.2) is 42.7 Å². The van der Waals surface area contributed by atoms with Gasteiger partial charge >= 0.3 is 5.97 Å². The van der Waals surface area contributed by atoms with Crippen molar-refractivity contribution in [2.75, 3.05) is 23.0 Å². The first-order valence-corrected chi connectivity index (χ1v) is 29.8. The number of hydrogen-bond acceptors (Lipinski definition) is 5. The highest BCUT2D eigenvalue weighted by atomic mass is 32.3. The van der Waals surface area contributed by atoms with Crippen molar-refractivity contribution in [3.05, 3.63) is 0 Å². The molecule has 0 amide bonds. The highest BCUT2D eigenvalue weighted by molar-refractivity contribution is 8.34. The minimum absolute atomic E-state index is 0.285. The monoisotopic (exact) mass is 875 g/mol. The van der Waals surface area contributed by atoms with Gasteiger partial charge in [0, 0.05) is 0 Å². The summed E-state index contributed by atoms with van der Waals surface area (Å²) in [6.07, 6.45) is 54.1. The van der Waals surface area contributed by atoms with Crippen LogP contribution in [0.4, 0.5) is 0 Å². The number of carbonyl (C=O) groups is 1. The van der Waals surface area contributed by atoms with Gasteiger partial charge in [0.05, 0.1) is 0 Å². The molecule has 342 valence electrons. The maximum absolute atomic E-state index is 13.3. The van der Waals surface area contributed by atoms with Gasteiger partial charge in [0.2, 0.25) is 0 Å². The van der Waals surface area contributed by atoms with Crippen LogP contribution in [-0.2, 0) is 4.79 Å². The largest absolute Gasteiger partial charge is 0.480 e. The van der Waals surface area contributed by atoms with Gasteiger partial charge in [0.1, 0.15) is 8.66 Å². The van der Waals surface area contributed by atoms with E-state index in [4.69, 9.17) is 0 Å². The van der Waals surface area contributed by atoms with Gasteiger partial charge in [-0.1, -0.05) is 259 Å². The molecule has 0 spiro atoms. The molecule has 0 bridgehead atoms. The molecule has 0 aromatic carbocycles. The maximum Gasteiger partial charge on any atom is 0.319 e. The molecule has 0 aromatic heterocycles. The number of rotatable bonds is 50. The van der Waals surface area contributed by atoms with E-state index in [1.165, 1.54) is 250 Å². The Hall–Kier alpha value is 0.870. The molecule has 1 atom stereocenters. The quantitative estimate of drug-likeness (QED) is 0.0485. The summed E-state index contributed by atoms with van der Waals surface area (Å²) in [6, 6.07) is 0. The van der Waals surface area contributed by atoms with Crippen molar-refractivity contribution in [2.24, 2.45) is 0 Å². The first-order chi connectivity index (χ1) is 28.1. The zero-order valence-corrected chi connectivity index (χ0v) is 42.4.